The van der Waals surface area contributed by atoms with Crippen molar-refractivity contribution < 1.29 is 0 Å². The fraction of sp³-hybridized carbons (Fsp3) is 0.778. The first kappa shape index (κ1) is 10.0. The van der Waals surface area contributed by atoms with E-state index in [1.54, 1.807) is 0 Å². The maximum atomic E-state index is 5.99. The van der Waals surface area contributed by atoms with E-state index in [1.807, 2.05) is 6.08 Å². The quantitative estimate of drug-likeness (QED) is 0.410. The molecule has 1 heteroatoms. The standard InChI is InChI=1S/C9H17Cl/c1-3-5-7-9(10)8-6-4-2/h3,9H,1,4-8H2,2H3. The van der Waals surface area contributed by atoms with Gasteiger partial charge in [-0.15, -0.1) is 18.2 Å². The van der Waals surface area contributed by atoms with Crippen LogP contribution in [0.2, 0.25) is 0 Å². The predicted molar refractivity (Wildman–Crippen MR) is 48.6 cm³/mol. The highest BCUT2D eigenvalue weighted by Crippen LogP contribution is 2.13. The van der Waals surface area contributed by atoms with E-state index in [9.17, 15) is 0 Å². The SMILES string of the molecule is C=CCCC(Cl)CCCC. The van der Waals surface area contributed by atoms with Gasteiger partial charge in [-0.05, 0) is 19.3 Å². The van der Waals surface area contributed by atoms with E-state index >= 15 is 0 Å². The number of unbranched alkanes of at least 4 members (excludes halogenated alkanes) is 1. The van der Waals surface area contributed by atoms with Crippen molar-refractivity contribution >= 4 is 11.6 Å². The minimum absolute atomic E-state index is 0.373. The number of halogens is 1. The van der Waals surface area contributed by atoms with Crippen LogP contribution in [-0.2, 0) is 0 Å². The molecule has 10 heavy (non-hydrogen) atoms. The molecular weight excluding hydrogens is 144 g/mol. The summed E-state index contributed by atoms with van der Waals surface area (Å²) in [5.41, 5.74) is 0. The van der Waals surface area contributed by atoms with E-state index in [4.69, 9.17) is 11.6 Å². The molecule has 0 aliphatic carbocycles. The second-order valence-corrected chi connectivity index (χ2v) is 3.22. The molecule has 0 bridgehead atoms. The molecule has 0 radical (unpaired) electrons. The lowest BCUT2D eigenvalue weighted by molar-refractivity contribution is 0.645. The fourth-order valence-electron chi connectivity index (χ4n) is 0.869. The Morgan fingerprint density at radius 2 is 2.20 bits per heavy atom. The van der Waals surface area contributed by atoms with E-state index in [0.717, 1.165) is 19.3 Å². The molecule has 0 aliphatic rings. The molecule has 0 saturated heterocycles. The summed E-state index contributed by atoms with van der Waals surface area (Å²) in [5.74, 6) is 0. The van der Waals surface area contributed by atoms with Crippen LogP contribution >= 0.6 is 11.6 Å². The highest BCUT2D eigenvalue weighted by Gasteiger charge is 2.00. The smallest absolute Gasteiger partial charge is 0.0339 e. The van der Waals surface area contributed by atoms with Crippen molar-refractivity contribution in [1.82, 2.24) is 0 Å². The summed E-state index contributed by atoms with van der Waals surface area (Å²) < 4.78 is 0. The van der Waals surface area contributed by atoms with Crippen LogP contribution < -0.4 is 0 Å². The largest absolute Gasteiger partial charge is 0.123 e. The number of allylic oxidation sites excluding steroid dienone is 1. The molecule has 0 aromatic rings. The molecule has 1 unspecified atom stereocenters. The van der Waals surface area contributed by atoms with Gasteiger partial charge in [0.25, 0.3) is 0 Å². The molecule has 0 heterocycles. The third-order valence-corrected chi connectivity index (χ3v) is 1.99. The first-order valence-corrected chi connectivity index (χ1v) is 4.49. The van der Waals surface area contributed by atoms with Crippen LogP contribution in [0.4, 0.5) is 0 Å². The Balaban J connectivity index is 3.07. The van der Waals surface area contributed by atoms with Crippen LogP contribution in [0.5, 0.6) is 0 Å². The van der Waals surface area contributed by atoms with Crippen LogP contribution in [0, 0.1) is 0 Å². The molecule has 0 aromatic heterocycles. The van der Waals surface area contributed by atoms with Gasteiger partial charge in [-0.3, -0.25) is 0 Å². The van der Waals surface area contributed by atoms with Crippen LogP contribution in [0.15, 0.2) is 12.7 Å². The van der Waals surface area contributed by atoms with Crippen LogP contribution in [0.25, 0.3) is 0 Å². The van der Waals surface area contributed by atoms with Crippen molar-refractivity contribution in [2.75, 3.05) is 0 Å². The van der Waals surface area contributed by atoms with Crippen molar-refractivity contribution in [2.24, 2.45) is 0 Å². The molecule has 0 nitrogen and oxygen atoms in total. The normalized spacial score (nSPS) is 13.0. The lowest BCUT2D eigenvalue weighted by Gasteiger charge is -2.05. The van der Waals surface area contributed by atoms with Gasteiger partial charge in [-0.1, -0.05) is 25.8 Å². The van der Waals surface area contributed by atoms with Crippen molar-refractivity contribution in [3.05, 3.63) is 12.7 Å². The molecule has 0 fully saturated rings. The first-order valence-electron chi connectivity index (χ1n) is 4.06. The van der Waals surface area contributed by atoms with Gasteiger partial charge in [-0.25, -0.2) is 0 Å². The number of rotatable bonds is 6. The van der Waals surface area contributed by atoms with Crippen molar-refractivity contribution in [2.45, 2.75) is 44.4 Å². The Hall–Kier alpha value is 0.0300. The number of hydrogen-bond acceptors (Lipinski definition) is 0. The van der Waals surface area contributed by atoms with Crippen LogP contribution in [0.1, 0.15) is 39.0 Å². The van der Waals surface area contributed by atoms with E-state index in [2.05, 4.69) is 13.5 Å². The summed E-state index contributed by atoms with van der Waals surface area (Å²) in [6, 6.07) is 0. The third kappa shape index (κ3) is 6.15. The average Bonchev–Trinajstić information content (AvgIpc) is 1.97. The maximum Gasteiger partial charge on any atom is 0.0339 e. The second-order valence-electron chi connectivity index (χ2n) is 2.61. The molecule has 0 saturated carbocycles. The van der Waals surface area contributed by atoms with E-state index in [-0.39, 0.29) is 0 Å². The van der Waals surface area contributed by atoms with Gasteiger partial charge >= 0.3 is 0 Å². The molecule has 0 amide bonds. The fourth-order valence-corrected chi connectivity index (χ4v) is 1.15. The second kappa shape index (κ2) is 7.14. The summed E-state index contributed by atoms with van der Waals surface area (Å²) in [6.07, 6.45) is 7.73. The summed E-state index contributed by atoms with van der Waals surface area (Å²) in [6.45, 7) is 5.85. The minimum atomic E-state index is 0.373. The molecule has 60 valence electrons. The van der Waals surface area contributed by atoms with Gasteiger partial charge < -0.3 is 0 Å². The highest BCUT2D eigenvalue weighted by atomic mass is 35.5. The Morgan fingerprint density at radius 3 is 2.70 bits per heavy atom. The van der Waals surface area contributed by atoms with Crippen molar-refractivity contribution in [1.29, 1.82) is 0 Å². The summed E-state index contributed by atoms with van der Waals surface area (Å²) in [5, 5.41) is 0.373. The highest BCUT2D eigenvalue weighted by molar-refractivity contribution is 6.20. The van der Waals surface area contributed by atoms with Crippen molar-refractivity contribution in [3.8, 4) is 0 Å². The monoisotopic (exact) mass is 160 g/mol. The zero-order valence-electron chi connectivity index (χ0n) is 6.78. The Labute approximate surface area is 69.3 Å². The number of alkyl halides is 1. The summed E-state index contributed by atoms with van der Waals surface area (Å²) in [4.78, 5) is 0. The molecule has 0 rings (SSSR count). The topological polar surface area (TPSA) is 0 Å². The third-order valence-electron chi connectivity index (χ3n) is 1.55. The molecule has 0 N–H and O–H groups in total. The minimum Gasteiger partial charge on any atom is -0.123 e. The lowest BCUT2D eigenvalue weighted by atomic mass is 10.1. The van der Waals surface area contributed by atoms with Gasteiger partial charge in [0.1, 0.15) is 0 Å². The molecule has 0 spiro atoms. The van der Waals surface area contributed by atoms with Gasteiger partial charge in [0.2, 0.25) is 0 Å². The molecule has 0 aromatic carbocycles. The van der Waals surface area contributed by atoms with Gasteiger partial charge in [0, 0.05) is 5.38 Å². The Kier molecular flexibility index (Phi) is 7.16. The van der Waals surface area contributed by atoms with Gasteiger partial charge in [0.15, 0.2) is 0 Å². The lowest BCUT2D eigenvalue weighted by Crippen LogP contribution is -1.96. The van der Waals surface area contributed by atoms with Gasteiger partial charge in [-0.2, -0.15) is 0 Å². The van der Waals surface area contributed by atoms with Gasteiger partial charge in [0.05, 0.1) is 0 Å². The molecular formula is C9H17Cl. The molecule has 0 aliphatic heterocycles. The zero-order valence-corrected chi connectivity index (χ0v) is 7.53. The average molecular weight is 161 g/mol. The van der Waals surface area contributed by atoms with E-state index in [0.29, 0.717) is 5.38 Å². The Bertz CT molecular complexity index is 78.8. The summed E-state index contributed by atoms with van der Waals surface area (Å²) >= 11 is 5.99. The zero-order chi connectivity index (χ0) is 7.82. The summed E-state index contributed by atoms with van der Waals surface area (Å²) in [7, 11) is 0. The van der Waals surface area contributed by atoms with Crippen molar-refractivity contribution in [3.63, 3.8) is 0 Å². The van der Waals surface area contributed by atoms with E-state index in [1.165, 1.54) is 12.8 Å². The first-order chi connectivity index (χ1) is 4.81. The van der Waals surface area contributed by atoms with E-state index < -0.39 is 0 Å². The Morgan fingerprint density at radius 1 is 1.50 bits per heavy atom. The maximum absolute atomic E-state index is 5.99. The predicted octanol–water partition coefficient (Wildman–Crippen LogP) is 3.75. The molecule has 1 atom stereocenters. The number of hydrogen-bond donors (Lipinski definition) is 0. The van der Waals surface area contributed by atoms with Crippen LogP contribution in [-0.4, -0.2) is 5.38 Å². The van der Waals surface area contributed by atoms with Crippen LogP contribution in [0.3, 0.4) is 0 Å².